The molecule has 0 amide bonds. The van der Waals surface area contributed by atoms with Gasteiger partial charge >= 0.3 is 5.97 Å². The van der Waals surface area contributed by atoms with Crippen molar-refractivity contribution in [1.29, 1.82) is 0 Å². The van der Waals surface area contributed by atoms with E-state index in [9.17, 15) is 13.2 Å². The molecule has 0 atom stereocenters. The lowest BCUT2D eigenvalue weighted by Crippen LogP contribution is -2.06. The minimum atomic E-state index is -3.84. The molecule has 0 bridgehead atoms. The van der Waals surface area contributed by atoms with Gasteiger partial charge in [-0.15, -0.1) is 0 Å². The molecule has 0 aliphatic carbocycles. The van der Waals surface area contributed by atoms with Crippen LogP contribution in [-0.4, -0.2) is 31.3 Å². The van der Waals surface area contributed by atoms with Gasteiger partial charge in [-0.3, -0.25) is 4.55 Å². The van der Waals surface area contributed by atoms with E-state index in [0.29, 0.717) is 31.4 Å². The van der Waals surface area contributed by atoms with E-state index in [1.807, 2.05) is 0 Å². The second-order valence-corrected chi connectivity index (χ2v) is 5.19. The predicted octanol–water partition coefficient (Wildman–Crippen LogP) is 1.72. The number of carbonyl (C=O) groups is 1. The van der Waals surface area contributed by atoms with Gasteiger partial charge in [0.05, 0.1) is 12.4 Å². The molecular formula is C10H21NO5S. The zero-order valence-electron chi connectivity index (χ0n) is 10.1. The lowest BCUT2D eigenvalue weighted by Gasteiger charge is -2.03. The summed E-state index contributed by atoms with van der Waals surface area (Å²) in [6, 6.07) is 0. The average Bonchev–Trinajstić information content (AvgIpc) is 2.14. The van der Waals surface area contributed by atoms with Crippen LogP contribution in [0.25, 0.3) is 0 Å². The van der Waals surface area contributed by atoms with Crippen LogP contribution in [0.4, 0.5) is 0 Å². The molecule has 4 N–H and O–H groups in total. The molecule has 0 saturated heterocycles. The zero-order chi connectivity index (χ0) is 12.6. The van der Waals surface area contributed by atoms with Gasteiger partial charge in [-0.2, -0.15) is 8.42 Å². The van der Waals surface area contributed by atoms with Crippen molar-refractivity contribution in [3.63, 3.8) is 0 Å². The Labute approximate surface area is 102 Å². The van der Waals surface area contributed by atoms with Gasteiger partial charge in [0.2, 0.25) is 0 Å². The Morgan fingerprint density at radius 1 is 1.24 bits per heavy atom. The largest absolute Gasteiger partial charge is 0.462 e. The van der Waals surface area contributed by atoms with Crippen LogP contribution in [0.5, 0.6) is 0 Å². The van der Waals surface area contributed by atoms with Crippen molar-refractivity contribution >= 4 is 16.1 Å². The predicted molar refractivity (Wildman–Crippen MR) is 65.7 cm³/mol. The summed E-state index contributed by atoms with van der Waals surface area (Å²) in [5, 5.41) is 0. The van der Waals surface area contributed by atoms with Crippen molar-refractivity contribution in [3.05, 3.63) is 12.2 Å². The van der Waals surface area contributed by atoms with Crippen LogP contribution in [-0.2, 0) is 19.6 Å². The van der Waals surface area contributed by atoms with Crippen LogP contribution in [0.1, 0.15) is 32.6 Å². The van der Waals surface area contributed by atoms with E-state index in [0.717, 1.165) is 6.42 Å². The fraction of sp³-hybridized carbons (Fsp3) is 0.700. The molecule has 17 heavy (non-hydrogen) atoms. The zero-order valence-corrected chi connectivity index (χ0v) is 11.0. The van der Waals surface area contributed by atoms with Crippen molar-refractivity contribution in [1.82, 2.24) is 6.15 Å². The van der Waals surface area contributed by atoms with Gasteiger partial charge in [-0.05, 0) is 19.8 Å². The van der Waals surface area contributed by atoms with Gasteiger partial charge in [0.25, 0.3) is 10.1 Å². The Morgan fingerprint density at radius 2 is 1.76 bits per heavy atom. The lowest BCUT2D eigenvalue weighted by atomic mass is 10.2. The van der Waals surface area contributed by atoms with Crippen molar-refractivity contribution in [2.45, 2.75) is 32.6 Å². The Balaban J connectivity index is 0. The first-order valence-corrected chi connectivity index (χ1v) is 6.71. The molecule has 0 spiro atoms. The van der Waals surface area contributed by atoms with Crippen LogP contribution < -0.4 is 6.15 Å². The Hall–Kier alpha value is -0.920. The van der Waals surface area contributed by atoms with E-state index >= 15 is 0 Å². The summed E-state index contributed by atoms with van der Waals surface area (Å²) in [5.74, 6) is -0.614. The highest BCUT2D eigenvalue weighted by atomic mass is 32.2. The average molecular weight is 267 g/mol. The normalized spacial score (nSPS) is 10.5. The third-order valence-electron chi connectivity index (χ3n) is 1.88. The molecule has 102 valence electrons. The number of carbonyl (C=O) groups excluding carboxylic acids is 1. The smallest absolute Gasteiger partial charge is 0.333 e. The Bertz CT molecular complexity index is 337. The van der Waals surface area contributed by atoms with E-state index in [2.05, 4.69) is 6.58 Å². The van der Waals surface area contributed by atoms with Crippen LogP contribution in [0.3, 0.4) is 0 Å². The second-order valence-electron chi connectivity index (χ2n) is 3.62. The van der Waals surface area contributed by atoms with Crippen molar-refractivity contribution in [2.24, 2.45) is 0 Å². The molecule has 0 heterocycles. The van der Waals surface area contributed by atoms with E-state index in [1.165, 1.54) is 0 Å². The number of esters is 1. The molecule has 0 fully saturated rings. The second kappa shape index (κ2) is 9.15. The molecule has 0 unspecified atom stereocenters. The summed E-state index contributed by atoms with van der Waals surface area (Å²) in [4.78, 5) is 10.9. The summed E-state index contributed by atoms with van der Waals surface area (Å²) >= 11 is 0. The molecule has 7 heteroatoms. The summed E-state index contributed by atoms with van der Waals surface area (Å²) < 4.78 is 34.0. The number of rotatable bonds is 8. The van der Waals surface area contributed by atoms with Crippen LogP contribution in [0.15, 0.2) is 12.2 Å². The number of hydrogen-bond acceptors (Lipinski definition) is 5. The fourth-order valence-corrected chi connectivity index (χ4v) is 1.60. The maximum atomic E-state index is 10.9. The fourth-order valence-electron chi connectivity index (χ4n) is 1.03. The first-order valence-electron chi connectivity index (χ1n) is 5.11. The third kappa shape index (κ3) is 13.0. The summed E-state index contributed by atoms with van der Waals surface area (Å²) in [5.41, 5.74) is 0.367. The van der Waals surface area contributed by atoms with E-state index in [-0.39, 0.29) is 11.9 Å². The molecular weight excluding hydrogens is 246 g/mol. The summed E-state index contributed by atoms with van der Waals surface area (Å²) in [6.07, 6.45) is 2.56. The lowest BCUT2D eigenvalue weighted by molar-refractivity contribution is -0.139. The molecule has 0 aromatic heterocycles. The molecule has 0 rings (SSSR count). The van der Waals surface area contributed by atoms with Crippen molar-refractivity contribution < 1.29 is 22.5 Å². The van der Waals surface area contributed by atoms with Gasteiger partial charge in [0, 0.05) is 5.57 Å². The van der Waals surface area contributed by atoms with E-state index in [1.54, 1.807) is 6.92 Å². The molecule has 0 aromatic carbocycles. The van der Waals surface area contributed by atoms with Gasteiger partial charge in [-0.25, -0.2) is 4.79 Å². The summed E-state index contributed by atoms with van der Waals surface area (Å²) in [7, 11) is -3.84. The maximum Gasteiger partial charge on any atom is 0.333 e. The van der Waals surface area contributed by atoms with Crippen LogP contribution in [0.2, 0.25) is 0 Å². The molecule has 0 aliphatic rings. The third-order valence-corrected chi connectivity index (χ3v) is 2.68. The number of hydrogen-bond donors (Lipinski definition) is 2. The number of ether oxygens (including phenoxy) is 1. The van der Waals surface area contributed by atoms with E-state index < -0.39 is 16.1 Å². The highest BCUT2D eigenvalue weighted by Gasteiger charge is 2.04. The van der Waals surface area contributed by atoms with E-state index in [4.69, 9.17) is 9.29 Å². The first kappa shape index (κ1) is 18.4. The Kier molecular flexibility index (Phi) is 9.92. The monoisotopic (exact) mass is 267 g/mol. The maximum absolute atomic E-state index is 10.9. The molecule has 6 nitrogen and oxygen atoms in total. The van der Waals surface area contributed by atoms with Crippen molar-refractivity contribution in [3.8, 4) is 0 Å². The highest BCUT2D eigenvalue weighted by Crippen LogP contribution is 2.03. The molecule has 0 saturated carbocycles. The van der Waals surface area contributed by atoms with Crippen molar-refractivity contribution in [2.75, 3.05) is 12.4 Å². The molecule has 0 aliphatic heterocycles. The SMILES string of the molecule is C=C(C)C(=O)OCCCCCCS(=O)(=O)O.N. The van der Waals surface area contributed by atoms with Crippen LogP contribution in [0, 0.1) is 0 Å². The van der Waals surface area contributed by atoms with Gasteiger partial charge in [0.15, 0.2) is 0 Å². The molecule has 0 radical (unpaired) electrons. The molecule has 0 aromatic rings. The summed E-state index contributed by atoms with van der Waals surface area (Å²) in [6.45, 7) is 5.34. The van der Waals surface area contributed by atoms with Gasteiger partial charge in [-0.1, -0.05) is 19.4 Å². The Morgan fingerprint density at radius 3 is 2.24 bits per heavy atom. The highest BCUT2D eigenvalue weighted by molar-refractivity contribution is 7.85. The minimum absolute atomic E-state index is 0. The van der Waals surface area contributed by atoms with Gasteiger partial charge in [0.1, 0.15) is 0 Å². The number of unbranched alkanes of at least 4 members (excludes halogenated alkanes) is 3. The quantitative estimate of drug-likeness (QED) is 0.299. The van der Waals surface area contributed by atoms with Crippen LogP contribution >= 0.6 is 0 Å². The first-order chi connectivity index (χ1) is 7.33. The standard InChI is InChI=1S/C10H18O5S.H3N/c1-9(2)10(11)15-7-5-3-4-6-8-16(12,13)14;/h1,3-8H2,2H3,(H,12,13,14);1H3. The topological polar surface area (TPSA) is 116 Å². The van der Waals surface area contributed by atoms with Gasteiger partial charge < -0.3 is 10.9 Å². The minimum Gasteiger partial charge on any atom is -0.462 e.